The summed E-state index contributed by atoms with van der Waals surface area (Å²) in [4.78, 5) is 39.1. The van der Waals surface area contributed by atoms with E-state index >= 15 is 0 Å². The second-order valence-electron chi connectivity index (χ2n) is 11.6. The van der Waals surface area contributed by atoms with Crippen molar-refractivity contribution in [2.45, 2.75) is 26.2 Å². The van der Waals surface area contributed by atoms with Crippen LogP contribution in [0.4, 0.5) is 17.1 Å². The van der Waals surface area contributed by atoms with Gasteiger partial charge >= 0.3 is 15.2 Å². The maximum atomic E-state index is 11.3. The van der Waals surface area contributed by atoms with E-state index in [1.807, 2.05) is 48.6 Å². The molecule has 0 heterocycles. The first-order valence-electron chi connectivity index (χ1n) is 15.0. The highest BCUT2D eigenvalue weighted by molar-refractivity contribution is 7.51. The zero-order valence-electron chi connectivity index (χ0n) is 26.1. The number of hydrogen-bond acceptors (Lipinski definition) is 3. The molecule has 5 aromatic rings. The Kier molecular flexibility index (Phi) is 10.6. The van der Waals surface area contributed by atoms with Crippen molar-refractivity contribution in [1.82, 2.24) is 0 Å². The van der Waals surface area contributed by atoms with Crippen molar-refractivity contribution in [2.75, 3.05) is 4.90 Å². The summed E-state index contributed by atoms with van der Waals surface area (Å²) in [7, 11) is -8.19. The van der Waals surface area contributed by atoms with E-state index in [4.69, 9.17) is 0 Å². The monoisotopic (exact) mass is 665 g/mol. The van der Waals surface area contributed by atoms with Gasteiger partial charge in [-0.2, -0.15) is 0 Å². The molecule has 0 spiro atoms. The molecule has 0 fully saturated rings. The Hall–Kier alpha value is -4.32. The second kappa shape index (κ2) is 14.6. The standard InChI is InChI=1S/C38H37NO6P2/c1-28-3-24-38(29(2)25-28)39(36-20-16-32(17-21-36)6-4-30-8-12-34(13-9-30)26-46(40,41)42)37-22-18-33(19-23-37)7-5-31-10-14-35(15-11-31)27-47(43,44)45/h3-25H,26-27H2,1-2H3,(H2,40,41,42)(H2,43,44,45)/b6-4+,7-5+. The second-order valence-corrected chi connectivity index (χ2v) is 14.9. The third kappa shape index (κ3) is 10.1. The van der Waals surface area contributed by atoms with E-state index in [9.17, 15) is 28.7 Å². The van der Waals surface area contributed by atoms with Crippen LogP contribution in [0.3, 0.4) is 0 Å². The molecule has 4 N–H and O–H groups in total. The molecule has 5 aromatic carbocycles. The van der Waals surface area contributed by atoms with Gasteiger partial charge in [0.1, 0.15) is 0 Å². The summed E-state index contributed by atoms with van der Waals surface area (Å²) >= 11 is 0. The summed E-state index contributed by atoms with van der Waals surface area (Å²) < 4.78 is 22.5. The first-order valence-corrected chi connectivity index (χ1v) is 18.6. The summed E-state index contributed by atoms with van der Waals surface area (Å²) in [5, 5.41) is 0. The molecule has 0 aliphatic rings. The fourth-order valence-electron chi connectivity index (χ4n) is 5.28. The molecule has 0 saturated carbocycles. The largest absolute Gasteiger partial charge is 0.329 e. The first-order chi connectivity index (χ1) is 22.3. The van der Waals surface area contributed by atoms with E-state index in [0.717, 1.165) is 44.9 Å². The maximum absolute atomic E-state index is 11.3. The molecular formula is C38H37NO6P2. The van der Waals surface area contributed by atoms with Crippen LogP contribution in [0, 0.1) is 13.8 Å². The van der Waals surface area contributed by atoms with Crippen LogP contribution in [-0.2, 0) is 21.5 Å². The van der Waals surface area contributed by atoms with Crippen LogP contribution < -0.4 is 4.90 Å². The normalized spacial score (nSPS) is 12.2. The predicted molar refractivity (Wildman–Crippen MR) is 193 cm³/mol. The third-order valence-corrected chi connectivity index (χ3v) is 9.12. The van der Waals surface area contributed by atoms with Crippen molar-refractivity contribution in [3.8, 4) is 0 Å². The van der Waals surface area contributed by atoms with Gasteiger partial charge < -0.3 is 24.5 Å². The Morgan fingerprint density at radius 2 is 0.851 bits per heavy atom. The van der Waals surface area contributed by atoms with Gasteiger partial charge in [0.05, 0.1) is 12.3 Å². The van der Waals surface area contributed by atoms with Gasteiger partial charge in [0.25, 0.3) is 0 Å². The van der Waals surface area contributed by atoms with Crippen molar-refractivity contribution in [3.63, 3.8) is 0 Å². The van der Waals surface area contributed by atoms with Crippen molar-refractivity contribution in [3.05, 3.63) is 160 Å². The molecule has 0 aliphatic heterocycles. The number of aryl methyl sites for hydroxylation is 2. The van der Waals surface area contributed by atoms with Crippen molar-refractivity contribution >= 4 is 56.6 Å². The lowest BCUT2D eigenvalue weighted by Crippen LogP contribution is -2.11. The molecule has 0 aromatic heterocycles. The molecule has 0 amide bonds. The third-order valence-electron chi connectivity index (χ3n) is 7.57. The lowest BCUT2D eigenvalue weighted by molar-refractivity contribution is 0.369. The van der Waals surface area contributed by atoms with E-state index < -0.39 is 15.2 Å². The van der Waals surface area contributed by atoms with Crippen molar-refractivity contribution in [1.29, 1.82) is 0 Å². The summed E-state index contributed by atoms with van der Waals surface area (Å²) in [6, 6.07) is 37.4. The lowest BCUT2D eigenvalue weighted by Gasteiger charge is -2.27. The zero-order chi connectivity index (χ0) is 33.6. The molecule has 47 heavy (non-hydrogen) atoms. The molecule has 0 atom stereocenters. The molecule has 7 nitrogen and oxygen atoms in total. The van der Waals surface area contributed by atoms with Gasteiger partial charge in [-0.1, -0.05) is 115 Å². The van der Waals surface area contributed by atoms with Gasteiger partial charge in [-0.05, 0) is 83.1 Å². The zero-order valence-corrected chi connectivity index (χ0v) is 27.9. The maximum Gasteiger partial charge on any atom is 0.329 e. The predicted octanol–water partition coefficient (Wildman–Crippen LogP) is 9.47. The minimum absolute atomic E-state index is 0.269. The van der Waals surface area contributed by atoms with E-state index in [2.05, 4.69) is 85.5 Å². The topological polar surface area (TPSA) is 118 Å². The minimum atomic E-state index is -4.10. The molecule has 0 saturated heterocycles. The summed E-state index contributed by atoms with van der Waals surface area (Å²) in [5.41, 5.74) is 10.5. The van der Waals surface area contributed by atoms with Crippen LogP contribution >= 0.6 is 15.2 Å². The molecule has 0 bridgehead atoms. The van der Waals surface area contributed by atoms with Gasteiger partial charge in [0.2, 0.25) is 0 Å². The van der Waals surface area contributed by atoms with Gasteiger partial charge in [0, 0.05) is 17.1 Å². The number of anilines is 3. The van der Waals surface area contributed by atoms with E-state index in [0.29, 0.717) is 11.1 Å². The molecule has 0 radical (unpaired) electrons. The van der Waals surface area contributed by atoms with Crippen LogP contribution in [-0.4, -0.2) is 19.6 Å². The smallest absolute Gasteiger partial charge is 0.324 e. The Morgan fingerprint density at radius 1 is 0.511 bits per heavy atom. The fraction of sp³-hybridized carbons (Fsp3) is 0.105. The Labute approximate surface area is 275 Å². The highest BCUT2D eigenvalue weighted by Crippen LogP contribution is 2.40. The SMILES string of the molecule is Cc1ccc(N(c2ccc(/C=C/c3ccc(CP(=O)(O)O)cc3)cc2)c2ccc(/C=C/c3ccc(CP(=O)(O)O)cc3)cc2)c(C)c1. The van der Waals surface area contributed by atoms with Crippen LogP contribution in [0.25, 0.3) is 24.3 Å². The van der Waals surface area contributed by atoms with E-state index in [-0.39, 0.29) is 12.3 Å². The number of benzene rings is 5. The molecule has 9 heteroatoms. The van der Waals surface area contributed by atoms with Crippen molar-refractivity contribution < 1.29 is 28.7 Å². The lowest BCUT2D eigenvalue weighted by atomic mass is 10.1. The molecule has 5 rings (SSSR count). The highest BCUT2D eigenvalue weighted by atomic mass is 31.2. The average molecular weight is 666 g/mol. The fourth-order valence-corrected chi connectivity index (χ4v) is 6.65. The Balaban J connectivity index is 1.35. The average Bonchev–Trinajstić information content (AvgIpc) is 3.01. The summed E-state index contributed by atoms with van der Waals surface area (Å²) in [6.45, 7) is 4.19. The quantitative estimate of drug-likeness (QED) is 0.0820. The number of nitrogens with zero attached hydrogens (tertiary/aromatic N) is 1. The number of hydrogen-bond donors (Lipinski definition) is 4. The van der Waals surface area contributed by atoms with Crippen LogP contribution in [0.2, 0.25) is 0 Å². The molecule has 240 valence electrons. The molecule has 0 unspecified atom stereocenters. The number of rotatable bonds is 11. The molecule has 0 aliphatic carbocycles. The van der Waals surface area contributed by atoms with Crippen molar-refractivity contribution in [2.24, 2.45) is 0 Å². The van der Waals surface area contributed by atoms with Gasteiger partial charge in [-0.15, -0.1) is 0 Å². The van der Waals surface area contributed by atoms with Crippen LogP contribution in [0.1, 0.15) is 44.5 Å². The summed E-state index contributed by atoms with van der Waals surface area (Å²) in [6.07, 6.45) is 7.43. The minimum Gasteiger partial charge on any atom is -0.324 e. The highest BCUT2D eigenvalue weighted by Gasteiger charge is 2.16. The van der Waals surface area contributed by atoms with Gasteiger partial charge in [0.15, 0.2) is 0 Å². The molecular weight excluding hydrogens is 628 g/mol. The Bertz CT molecular complexity index is 1850. The first kappa shape index (κ1) is 34.0. The van der Waals surface area contributed by atoms with E-state index in [1.54, 1.807) is 24.3 Å². The van der Waals surface area contributed by atoms with Crippen LogP contribution in [0.15, 0.2) is 115 Å². The van der Waals surface area contributed by atoms with Gasteiger partial charge in [-0.3, -0.25) is 9.13 Å². The van der Waals surface area contributed by atoms with E-state index in [1.165, 1.54) is 5.56 Å². The Morgan fingerprint density at radius 3 is 1.17 bits per heavy atom. The van der Waals surface area contributed by atoms with Crippen LogP contribution in [0.5, 0.6) is 0 Å². The summed E-state index contributed by atoms with van der Waals surface area (Å²) in [5.74, 6) is 0. The van der Waals surface area contributed by atoms with Gasteiger partial charge in [-0.25, -0.2) is 0 Å².